The van der Waals surface area contributed by atoms with Gasteiger partial charge >= 0.3 is 0 Å². The Morgan fingerprint density at radius 1 is 1.23 bits per heavy atom. The summed E-state index contributed by atoms with van der Waals surface area (Å²) < 4.78 is 11.3. The largest absolute Gasteiger partial charge is 0.493 e. The minimum atomic E-state index is -0.217. The van der Waals surface area contributed by atoms with Gasteiger partial charge in [-0.15, -0.1) is 0 Å². The third-order valence-corrected chi connectivity index (χ3v) is 5.61. The van der Waals surface area contributed by atoms with Gasteiger partial charge in [0.2, 0.25) is 0 Å². The summed E-state index contributed by atoms with van der Waals surface area (Å²) in [4.78, 5) is 26.2. The quantitative estimate of drug-likeness (QED) is 0.649. The molecule has 0 radical (unpaired) electrons. The maximum Gasteiger partial charge on any atom is 0.262 e. The van der Waals surface area contributed by atoms with Crippen molar-refractivity contribution < 1.29 is 19.1 Å². The van der Waals surface area contributed by atoms with Crippen LogP contribution in [0.4, 0.5) is 11.4 Å². The van der Waals surface area contributed by atoms with Gasteiger partial charge in [0.1, 0.15) is 11.5 Å². The van der Waals surface area contributed by atoms with Crippen molar-refractivity contribution in [3.05, 3.63) is 47.5 Å². The Morgan fingerprint density at radius 3 is 2.80 bits per heavy atom. The lowest BCUT2D eigenvalue weighted by Crippen LogP contribution is -2.39. The van der Waals surface area contributed by atoms with Crippen molar-refractivity contribution in [1.29, 1.82) is 0 Å². The highest BCUT2D eigenvalue weighted by molar-refractivity contribution is 5.99. The Kier molecular flexibility index (Phi) is 5.76. The topological polar surface area (TPSA) is 120 Å². The molecule has 0 saturated carbocycles. The molecule has 0 bridgehead atoms. The second-order valence-electron chi connectivity index (χ2n) is 7.62. The number of piperidine rings is 1. The SMILES string of the molecule is NCc1c(N)cccc1OCC1CCN(C(=O)c2ccc3c(c2)NC(=O)CO3)CC1. The first-order valence-corrected chi connectivity index (χ1v) is 10.1. The molecule has 8 heteroatoms. The van der Waals surface area contributed by atoms with E-state index in [0.717, 1.165) is 24.2 Å². The number of fused-ring (bicyclic) bond motifs is 1. The van der Waals surface area contributed by atoms with Gasteiger partial charge in [-0.25, -0.2) is 0 Å². The van der Waals surface area contributed by atoms with Crippen LogP contribution >= 0.6 is 0 Å². The van der Waals surface area contributed by atoms with E-state index in [0.29, 0.717) is 54.8 Å². The van der Waals surface area contributed by atoms with Gasteiger partial charge < -0.3 is 31.2 Å². The molecule has 158 valence electrons. The number of nitrogens with zero attached hydrogens (tertiary/aromatic N) is 1. The lowest BCUT2D eigenvalue weighted by molar-refractivity contribution is -0.118. The summed E-state index contributed by atoms with van der Waals surface area (Å²) in [5.41, 5.74) is 14.3. The fraction of sp³-hybridized carbons (Fsp3) is 0.364. The molecule has 2 amide bonds. The van der Waals surface area contributed by atoms with Crippen molar-refractivity contribution in [3.63, 3.8) is 0 Å². The van der Waals surface area contributed by atoms with Crippen LogP contribution in [-0.2, 0) is 11.3 Å². The normalized spacial score (nSPS) is 16.4. The summed E-state index contributed by atoms with van der Waals surface area (Å²) in [5, 5.41) is 2.74. The second kappa shape index (κ2) is 8.62. The molecule has 4 rings (SSSR count). The predicted molar refractivity (Wildman–Crippen MR) is 113 cm³/mol. The van der Waals surface area contributed by atoms with Crippen molar-refractivity contribution in [2.45, 2.75) is 19.4 Å². The zero-order valence-corrected chi connectivity index (χ0v) is 16.7. The number of likely N-dealkylation sites (tertiary alicyclic amines) is 1. The summed E-state index contributed by atoms with van der Waals surface area (Å²) in [5.74, 6) is 1.41. The molecule has 30 heavy (non-hydrogen) atoms. The standard InChI is InChI=1S/C22H26N4O4/c23-11-16-17(24)2-1-3-19(16)29-12-14-6-8-26(9-7-14)22(28)15-4-5-20-18(10-15)25-21(27)13-30-20/h1-5,10,14H,6-9,11-13,23-24H2,(H,25,27). The maximum absolute atomic E-state index is 12.9. The van der Waals surface area contributed by atoms with Crippen molar-refractivity contribution in [1.82, 2.24) is 4.90 Å². The van der Waals surface area contributed by atoms with Crippen molar-refractivity contribution in [3.8, 4) is 11.5 Å². The molecule has 0 atom stereocenters. The first-order valence-electron chi connectivity index (χ1n) is 10.1. The zero-order chi connectivity index (χ0) is 21.1. The molecular formula is C22H26N4O4. The minimum absolute atomic E-state index is 0.00176. The van der Waals surface area contributed by atoms with Crippen LogP contribution in [0, 0.1) is 5.92 Å². The van der Waals surface area contributed by atoms with Gasteiger partial charge in [0.25, 0.3) is 11.8 Å². The molecule has 2 aliphatic heterocycles. The first-order chi connectivity index (χ1) is 14.5. The van der Waals surface area contributed by atoms with E-state index in [4.69, 9.17) is 20.9 Å². The van der Waals surface area contributed by atoms with Gasteiger partial charge in [0.15, 0.2) is 6.61 Å². The highest BCUT2D eigenvalue weighted by Gasteiger charge is 2.26. The molecule has 0 aromatic heterocycles. The number of amides is 2. The molecule has 0 aliphatic carbocycles. The van der Waals surface area contributed by atoms with Crippen LogP contribution in [0.25, 0.3) is 0 Å². The number of hydrogen-bond acceptors (Lipinski definition) is 6. The Morgan fingerprint density at radius 2 is 2.03 bits per heavy atom. The fourth-order valence-electron chi connectivity index (χ4n) is 3.85. The van der Waals surface area contributed by atoms with Crippen LogP contribution in [-0.4, -0.2) is 43.0 Å². The molecule has 5 N–H and O–H groups in total. The summed E-state index contributed by atoms with van der Waals surface area (Å²) in [6, 6.07) is 10.7. The molecule has 1 saturated heterocycles. The Labute approximate surface area is 175 Å². The van der Waals surface area contributed by atoms with Crippen molar-refractivity contribution >= 4 is 23.2 Å². The van der Waals surface area contributed by atoms with Crippen LogP contribution in [0.15, 0.2) is 36.4 Å². The molecule has 2 heterocycles. The zero-order valence-electron chi connectivity index (χ0n) is 16.7. The number of benzene rings is 2. The Balaban J connectivity index is 1.32. The van der Waals surface area contributed by atoms with E-state index in [1.165, 1.54) is 0 Å². The number of nitrogens with one attached hydrogen (secondary N) is 1. The number of carbonyl (C=O) groups excluding carboxylic acids is 2. The summed E-state index contributed by atoms with van der Waals surface area (Å²) >= 11 is 0. The third-order valence-electron chi connectivity index (χ3n) is 5.61. The monoisotopic (exact) mass is 410 g/mol. The number of anilines is 2. The van der Waals surface area contributed by atoms with E-state index in [9.17, 15) is 9.59 Å². The van der Waals surface area contributed by atoms with E-state index in [1.807, 2.05) is 23.1 Å². The van der Waals surface area contributed by atoms with E-state index in [1.54, 1.807) is 18.2 Å². The number of nitrogens with two attached hydrogens (primary N) is 2. The van der Waals surface area contributed by atoms with Crippen LogP contribution in [0.1, 0.15) is 28.8 Å². The van der Waals surface area contributed by atoms with Crippen LogP contribution in [0.3, 0.4) is 0 Å². The molecule has 2 aromatic rings. The highest BCUT2D eigenvalue weighted by Crippen LogP contribution is 2.30. The first kappa shape index (κ1) is 20.0. The molecule has 0 spiro atoms. The summed E-state index contributed by atoms with van der Waals surface area (Å²) in [6.45, 7) is 2.22. The average molecular weight is 410 g/mol. The molecule has 1 fully saturated rings. The van der Waals surface area contributed by atoms with Gasteiger partial charge in [0, 0.05) is 36.4 Å². The van der Waals surface area contributed by atoms with E-state index < -0.39 is 0 Å². The minimum Gasteiger partial charge on any atom is -0.493 e. The van der Waals surface area contributed by atoms with E-state index in [-0.39, 0.29) is 18.4 Å². The number of ether oxygens (including phenoxy) is 2. The van der Waals surface area contributed by atoms with E-state index >= 15 is 0 Å². The number of hydrogen-bond donors (Lipinski definition) is 3. The lowest BCUT2D eigenvalue weighted by atomic mass is 9.97. The smallest absolute Gasteiger partial charge is 0.262 e. The van der Waals surface area contributed by atoms with Gasteiger partial charge in [-0.3, -0.25) is 9.59 Å². The molecule has 8 nitrogen and oxygen atoms in total. The second-order valence-corrected chi connectivity index (χ2v) is 7.62. The maximum atomic E-state index is 12.9. The molecule has 2 aromatic carbocycles. The number of nitrogen functional groups attached to an aromatic ring is 1. The Hall–Kier alpha value is -3.26. The third kappa shape index (κ3) is 4.18. The van der Waals surface area contributed by atoms with Crippen LogP contribution in [0.5, 0.6) is 11.5 Å². The van der Waals surface area contributed by atoms with Crippen LogP contribution < -0.4 is 26.3 Å². The van der Waals surface area contributed by atoms with Crippen LogP contribution in [0.2, 0.25) is 0 Å². The van der Waals surface area contributed by atoms with Gasteiger partial charge in [0.05, 0.1) is 12.3 Å². The van der Waals surface area contributed by atoms with Gasteiger partial charge in [-0.1, -0.05) is 6.07 Å². The van der Waals surface area contributed by atoms with Crippen molar-refractivity contribution in [2.75, 3.05) is 37.4 Å². The predicted octanol–water partition coefficient (Wildman–Crippen LogP) is 1.99. The Bertz CT molecular complexity index is 954. The average Bonchev–Trinajstić information content (AvgIpc) is 2.77. The fourth-order valence-corrected chi connectivity index (χ4v) is 3.85. The van der Waals surface area contributed by atoms with Crippen molar-refractivity contribution in [2.24, 2.45) is 11.7 Å². The number of carbonyl (C=O) groups is 2. The van der Waals surface area contributed by atoms with E-state index in [2.05, 4.69) is 5.32 Å². The summed E-state index contributed by atoms with van der Waals surface area (Å²) in [7, 11) is 0. The molecule has 2 aliphatic rings. The number of rotatable bonds is 5. The molecular weight excluding hydrogens is 384 g/mol. The van der Waals surface area contributed by atoms with Gasteiger partial charge in [-0.2, -0.15) is 0 Å². The summed E-state index contributed by atoms with van der Waals surface area (Å²) in [6.07, 6.45) is 1.72. The highest BCUT2D eigenvalue weighted by atomic mass is 16.5. The lowest BCUT2D eigenvalue weighted by Gasteiger charge is -2.32. The molecule has 0 unspecified atom stereocenters. The van der Waals surface area contributed by atoms with Gasteiger partial charge in [-0.05, 0) is 49.1 Å².